The van der Waals surface area contributed by atoms with Crippen molar-refractivity contribution in [2.45, 2.75) is 45.8 Å². The predicted molar refractivity (Wildman–Crippen MR) is 78.0 cm³/mol. The van der Waals surface area contributed by atoms with E-state index in [0.29, 0.717) is 13.0 Å². The summed E-state index contributed by atoms with van der Waals surface area (Å²) in [5.41, 5.74) is 1.78. The number of carbonyl (C=O) groups excluding carboxylic acids is 1. The van der Waals surface area contributed by atoms with Crippen LogP contribution in [0.1, 0.15) is 31.9 Å². The van der Waals surface area contributed by atoms with Crippen molar-refractivity contribution in [2.24, 2.45) is 0 Å². The highest BCUT2D eigenvalue weighted by molar-refractivity contribution is 5.79. The number of carbonyl (C=O) groups is 1. The van der Waals surface area contributed by atoms with Crippen LogP contribution in [0.4, 0.5) is 0 Å². The molecule has 0 spiro atoms. The summed E-state index contributed by atoms with van der Waals surface area (Å²) in [4.78, 5) is 14.1. The fourth-order valence-electron chi connectivity index (χ4n) is 2.14. The summed E-state index contributed by atoms with van der Waals surface area (Å²) in [5, 5.41) is 18.3. The minimum absolute atomic E-state index is 0.0220. The second-order valence-corrected chi connectivity index (χ2v) is 5.27. The Hall–Kier alpha value is -1.86. The van der Waals surface area contributed by atoms with E-state index in [-0.39, 0.29) is 18.4 Å². The number of rotatable bonds is 6. The van der Waals surface area contributed by atoms with Crippen LogP contribution < -0.4 is 0 Å². The van der Waals surface area contributed by atoms with Gasteiger partial charge < -0.3 is 10.0 Å². The minimum Gasteiger partial charge on any atom is -0.392 e. The minimum atomic E-state index is -0.546. The molecule has 1 unspecified atom stereocenters. The molecule has 0 saturated carbocycles. The van der Waals surface area contributed by atoms with Gasteiger partial charge in [-0.05, 0) is 31.9 Å². The maximum absolute atomic E-state index is 12.4. The second-order valence-electron chi connectivity index (χ2n) is 5.27. The van der Waals surface area contributed by atoms with E-state index >= 15 is 0 Å². The first-order valence-corrected chi connectivity index (χ1v) is 6.87. The van der Waals surface area contributed by atoms with Gasteiger partial charge in [0, 0.05) is 12.6 Å². The van der Waals surface area contributed by atoms with Crippen LogP contribution in [0.15, 0.2) is 24.3 Å². The van der Waals surface area contributed by atoms with Gasteiger partial charge in [-0.3, -0.25) is 4.79 Å². The fraction of sp³-hybridized carbons (Fsp3) is 0.500. The zero-order chi connectivity index (χ0) is 15.1. The van der Waals surface area contributed by atoms with Gasteiger partial charge in [-0.25, -0.2) is 0 Å². The molecule has 0 aliphatic rings. The Balaban J connectivity index is 2.86. The lowest BCUT2D eigenvalue weighted by Gasteiger charge is -2.28. The van der Waals surface area contributed by atoms with Crippen molar-refractivity contribution in [1.29, 1.82) is 5.26 Å². The molecule has 0 fully saturated rings. The van der Waals surface area contributed by atoms with Crippen molar-refractivity contribution in [2.75, 3.05) is 6.54 Å². The first kappa shape index (κ1) is 16.2. The van der Waals surface area contributed by atoms with Gasteiger partial charge in [0.1, 0.15) is 0 Å². The first-order chi connectivity index (χ1) is 9.45. The van der Waals surface area contributed by atoms with Gasteiger partial charge >= 0.3 is 0 Å². The van der Waals surface area contributed by atoms with E-state index in [1.165, 1.54) is 0 Å². The van der Waals surface area contributed by atoms with E-state index in [9.17, 15) is 9.90 Å². The Labute approximate surface area is 120 Å². The lowest BCUT2D eigenvalue weighted by Crippen LogP contribution is -2.42. The molecule has 4 nitrogen and oxygen atoms in total. The fourth-order valence-corrected chi connectivity index (χ4v) is 2.14. The first-order valence-electron chi connectivity index (χ1n) is 6.87. The Bertz CT molecular complexity index is 489. The smallest absolute Gasteiger partial charge is 0.227 e. The zero-order valence-corrected chi connectivity index (χ0v) is 12.3. The summed E-state index contributed by atoms with van der Waals surface area (Å²) >= 11 is 0. The number of nitrogens with zero attached hydrogens (tertiary/aromatic N) is 2. The molecule has 1 N–H and O–H groups in total. The number of hydrogen-bond acceptors (Lipinski definition) is 3. The van der Waals surface area contributed by atoms with Crippen molar-refractivity contribution in [1.82, 2.24) is 4.90 Å². The lowest BCUT2D eigenvalue weighted by molar-refractivity contribution is -0.133. The molecule has 1 amide bonds. The molecule has 1 aromatic carbocycles. The van der Waals surface area contributed by atoms with Crippen molar-refractivity contribution >= 4 is 5.91 Å². The van der Waals surface area contributed by atoms with E-state index in [1.807, 2.05) is 38.1 Å². The van der Waals surface area contributed by atoms with Crippen molar-refractivity contribution in [3.05, 3.63) is 35.4 Å². The van der Waals surface area contributed by atoms with Crippen LogP contribution in [0.5, 0.6) is 0 Å². The number of benzene rings is 1. The Morgan fingerprint density at radius 2 is 1.90 bits per heavy atom. The molecule has 0 bridgehead atoms. The Morgan fingerprint density at radius 3 is 2.40 bits per heavy atom. The van der Waals surface area contributed by atoms with E-state index < -0.39 is 6.10 Å². The second kappa shape index (κ2) is 7.66. The number of aliphatic hydroxyl groups excluding tert-OH is 1. The molecular weight excluding hydrogens is 252 g/mol. The van der Waals surface area contributed by atoms with Crippen LogP contribution in [0.2, 0.25) is 0 Å². The largest absolute Gasteiger partial charge is 0.392 e. The molecule has 0 aliphatic heterocycles. The quantitative estimate of drug-likeness (QED) is 0.862. The molecule has 0 radical (unpaired) electrons. The van der Waals surface area contributed by atoms with Crippen LogP contribution in [0.25, 0.3) is 0 Å². The highest BCUT2D eigenvalue weighted by Crippen LogP contribution is 2.13. The Morgan fingerprint density at radius 1 is 1.30 bits per heavy atom. The van der Waals surface area contributed by atoms with Gasteiger partial charge in [-0.1, -0.05) is 24.3 Å². The molecule has 20 heavy (non-hydrogen) atoms. The van der Waals surface area contributed by atoms with Gasteiger partial charge in [0.05, 0.1) is 25.0 Å². The van der Waals surface area contributed by atoms with Gasteiger partial charge in [-0.15, -0.1) is 0 Å². The SMILES string of the molecule is CC(O)CN(C(=O)Cc1ccccc1CC#N)C(C)C. The topological polar surface area (TPSA) is 64.3 Å². The van der Waals surface area contributed by atoms with Gasteiger partial charge in [0.25, 0.3) is 0 Å². The summed E-state index contributed by atoms with van der Waals surface area (Å²) in [6, 6.07) is 9.66. The third-order valence-electron chi connectivity index (χ3n) is 3.13. The van der Waals surface area contributed by atoms with Gasteiger partial charge in [0.2, 0.25) is 5.91 Å². The predicted octanol–water partition coefficient (Wildman–Crippen LogP) is 1.91. The number of nitriles is 1. The summed E-state index contributed by atoms with van der Waals surface area (Å²) in [5.74, 6) is -0.0220. The molecule has 1 rings (SSSR count). The number of amides is 1. The molecule has 108 valence electrons. The molecule has 0 aromatic heterocycles. The summed E-state index contributed by atoms with van der Waals surface area (Å²) in [6.45, 7) is 5.87. The monoisotopic (exact) mass is 274 g/mol. The highest BCUT2D eigenvalue weighted by Gasteiger charge is 2.19. The number of aliphatic hydroxyl groups is 1. The van der Waals surface area contributed by atoms with Crippen LogP contribution in [0, 0.1) is 11.3 Å². The van der Waals surface area contributed by atoms with E-state index in [0.717, 1.165) is 11.1 Å². The van der Waals surface area contributed by atoms with Crippen molar-refractivity contribution in [3.63, 3.8) is 0 Å². The zero-order valence-electron chi connectivity index (χ0n) is 12.3. The van der Waals surface area contributed by atoms with E-state index in [4.69, 9.17) is 5.26 Å². The average molecular weight is 274 g/mol. The highest BCUT2D eigenvalue weighted by atomic mass is 16.3. The van der Waals surface area contributed by atoms with Crippen molar-refractivity contribution in [3.8, 4) is 6.07 Å². The maximum Gasteiger partial charge on any atom is 0.227 e. The lowest BCUT2D eigenvalue weighted by atomic mass is 10.0. The normalized spacial score (nSPS) is 12.0. The third kappa shape index (κ3) is 4.67. The summed E-state index contributed by atoms with van der Waals surface area (Å²) in [7, 11) is 0. The van der Waals surface area contributed by atoms with Crippen LogP contribution in [0.3, 0.4) is 0 Å². The van der Waals surface area contributed by atoms with Crippen LogP contribution in [-0.4, -0.2) is 34.6 Å². The molecule has 0 aliphatic carbocycles. The molecular formula is C16H22N2O2. The number of hydrogen-bond donors (Lipinski definition) is 1. The van der Waals surface area contributed by atoms with Gasteiger partial charge in [0.15, 0.2) is 0 Å². The molecule has 1 aromatic rings. The standard InChI is InChI=1S/C16H22N2O2/c1-12(2)18(11-13(3)19)16(20)10-15-7-5-4-6-14(15)8-9-17/h4-7,12-13,19H,8,10-11H2,1-3H3. The van der Waals surface area contributed by atoms with E-state index in [2.05, 4.69) is 6.07 Å². The van der Waals surface area contributed by atoms with E-state index in [1.54, 1.807) is 11.8 Å². The third-order valence-corrected chi connectivity index (χ3v) is 3.13. The molecule has 4 heteroatoms. The maximum atomic E-state index is 12.4. The summed E-state index contributed by atoms with van der Waals surface area (Å²) < 4.78 is 0. The average Bonchev–Trinajstić information content (AvgIpc) is 2.38. The van der Waals surface area contributed by atoms with Gasteiger partial charge in [-0.2, -0.15) is 5.26 Å². The Kier molecular flexibility index (Phi) is 6.20. The summed E-state index contributed by atoms with van der Waals surface area (Å²) in [6.07, 6.45) is 0.0281. The molecule has 0 heterocycles. The van der Waals surface area contributed by atoms with Crippen molar-refractivity contribution < 1.29 is 9.90 Å². The molecule has 0 saturated heterocycles. The van der Waals surface area contributed by atoms with Crippen LogP contribution >= 0.6 is 0 Å². The van der Waals surface area contributed by atoms with Crippen LogP contribution in [-0.2, 0) is 17.6 Å². The molecule has 1 atom stereocenters.